The van der Waals surface area contributed by atoms with Gasteiger partial charge in [-0.1, -0.05) is 38.3 Å². The zero-order chi connectivity index (χ0) is 11.3. The predicted molar refractivity (Wildman–Crippen MR) is 73.0 cm³/mol. The molecular formula is C11H17BrClNS. The number of rotatable bonds is 6. The largest absolute Gasteiger partial charge is 0.310 e. The lowest BCUT2D eigenvalue weighted by atomic mass is 10.1. The summed E-state index contributed by atoms with van der Waals surface area (Å²) in [6, 6.07) is 2.60. The van der Waals surface area contributed by atoms with Gasteiger partial charge in [-0.3, -0.25) is 0 Å². The molecule has 1 N–H and O–H groups in total. The first-order valence-corrected chi connectivity index (χ1v) is 7.35. The highest BCUT2D eigenvalue weighted by atomic mass is 79.9. The fraction of sp³-hybridized carbons (Fsp3) is 0.636. The Hall–Kier alpha value is 0.430. The summed E-state index contributed by atoms with van der Waals surface area (Å²) in [4.78, 5) is 1.34. The summed E-state index contributed by atoms with van der Waals surface area (Å²) in [5.74, 6) is 0. The van der Waals surface area contributed by atoms with Crippen molar-refractivity contribution < 1.29 is 0 Å². The lowest BCUT2D eigenvalue weighted by Crippen LogP contribution is -2.19. The van der Waals surface area contributed by atoms with Gasteiger partial charge in [0.25, 0.3) is 0 Å². The van der Waals surface area contributed by atoms with E-state index in [2.05, 4.69) is 41.2 Å². The maximum absolute atomic E-state index is 6.05. The molecule has 0 bridgehead atoms. The average Bonchev–Trinajstić information content (AvgIpc) is 2.54. The second-order valence-electron chi connectivity index (χ2n) is 3.52. The van der Waals surface area contributed by atoms with Gasteiger partial charge in [0.1, 0.15) is 4.34 Å². The Kier molecular flexibility index (Phi) is 6.20. The molecule has 0 aliphatic heterocycles. The van der Waals surface area contributed by atoms with E-state index in [1.165, 1.54) is 24.1 Å². The molecule has 1 nitrogen and oxygen atoms in total. The number of hydrogen-bond acceptors (Lipinski definition) is 2. The summed E-state index contributed by atoms with van der Waals surface area (Å²) in [6.07, 6.45) is 3.68. The van der Waals surface area contributed by atoms with E-state index < -0.39 is 0 Å². The van der Waals surface area contributed by atoms with E-state index in [-0.39, 0.29) is 0 Å². The number of thiophene rings is 1. The van der Waals surface area contributed by atoms with Crippen LogP contribution in [-0.4, -0.2) is 6.54 Å². The third-order valence-electron chi connectivity index (χ3n) is 2.30. The summed E-state index contributed by atoms with van der Waals surface area (Å²) in [6.45, 7) is 5.37. The van der Waals surface area contributed by atoms with Crippen LogP contribution in [0, 0.1) is 0 Å². The van der Waals surface area contributed by atoms with Gasteiger partial charge in [0, 0.05) is 15.4 Å². The standard InChI is InChI=1S/C11H17BrClNS/c1-3-5-6-9(14-4-2)10-7-8(12)11(13)15-10/h7,9,14H,3-6H2,1-2H3. The molecule has 1 aromatic rings. The van der Waals surface area contributed by atoms with E-state index >= 15 is 0 Å². The van der Waals surface area contributed by atoms with Crippen molar-refractivity contribution >= 4 is 38.9 Å². The first-order valence-electron chi connectivity index (χ1n) is 5.37. The van der Waals surface area contributed by atoms with E-state index in [1.54, 1.807) is 11.3 Å². The number of unbranched alkanes of at least 4 members (excludes halogenated alkanes) is 1. The van der Waals surface area contributed by atoms with Crippen molar-refractivity contribution in [3.05, 3.63) is 19.8 Å². The van der Waals surface area contributed by atoms with Gasteiger partial charge >= 0.3 is 0 Å². The molecule has 0 amide bonds. The van der Waals surface area contributed by atoms with Crippen LogP contribution in [0.5, 0.6) is 0 Å². The molecular weight excluding hydrogens is 294 g/mol. The van der Waals surface area contributed by atoms with Crippen LogP contribution in [-0.2, 0) is 0 Å². The third kappa shape index (κ3) is 4.06. The Morgan fingerprint density at radius 3 is 2.73 bits per heavy atom. The van der Waals surface area contributed by atoms with Crippen LogP contribution in [0.2, 0.25) is 4.34 Å². The fourth-order valence-corrected chi connectivity index (χ4v) is 3.38. The molecule has 4 heteroatoms. The average molecular weight is 311 g/mol. The number of nitrogens with one attached hydrogen (secondary N) is 1. The zero-order valence-corrected chi connectivity index (χ0v) is 12.3. The van der Waals surface area contributed by atoms with Crippen molar-refractivity contribution in [3.8, 4) is 0 Å². The molecule has 0 saturated carbocycles. The smallest absolute Gasteiger partial charge is 0.107 e. The second-order valence-corrected chi connectivity index (χ2v) is 6.06. The molecule has 0 saturated heterocycles. The first-order chi connectivity index (χ1) is 7.19. The van der Waals surface area contributed by atoms with Crippen molar-refractivity contribution in [2.45, 2.75) is 39.2 Å². The fourth-order valence-electron chi connectivity index (χ4n) is 1.53. The van der Waals surface area contributed by atoms with Crippen LogP contribution in [0.15, 0.2) is 10.5 Å². The predicted octanol–water partition coefficient (Wildman–Crippen LogP) is 5.00. The van der Waals surface area contributed by atoms with E-state index in [4.69, 9.17) is 11.6 Å². The summed E-state index contributed by atoms with van der Waals surface area (Å²) in [5.41, 5.74) is 0. The van der Waals surface area contributed by atoms with Gasteiger partial charge in [0.2, 0.25) is 0 Å². The SMILES string of the molecule is CCCCC(NCC)c1cc(Br)c(Cl)s1. The van der Waals surface area contributed by atoms with Crippen molar-refractivity contribution in [2.24, 2.45) is 0 Å². The number of hydrogen-bond donors (Lipinski definition) is 1. The highest BCUT2D eigenvalue weighted by Crippen LogP contribution is 2.36. The molecule has 0 aliphatic rings. The Bertz CT molecular complexity index is 281. The van der Waals surface area contributed by atoms with Crippen molar-refractivity contribution in [3.63, 3.8) is 0 Å². The summed E-state index contributed by atoms with van der Waals surface area (Å²) >= 11 is 11.2. The monoisotopic (exact) mass is 309 g/mol. The molecule has 1 atom stereocenters. The van der Waals surface area contributed by atoms with Crippen LogP contribution < -0.4 is 5.32 Å². The van der Waals surface area contributed by atoms with Crippen molar-refractivity contribution in [1.29, 1.82) is 0 Å². The normalized spacial score (nSPS) is 13.1. The molecule has 0 radical (unpaired) electrons. The molecule has 1 aromatic heterocycles. The van der Waals surface area contributed by atoms with Gasteiger partial charge in [0.15, 0.2) is 0 Å². The second kappa shape index (κ2) is 6.89. The van der Waals surface area contributed by atoms with Gasteiger partial charge in [-0.05, 0) is 35.0 Å². The Morgan fingerprint density at radius 2 is 2.27 bits per heavy atom. The molecule has 0 aliphatic carbocycles. The Morgan fingerprint density at radius 1 is 1.53 bits per heavy atom. The summed E-state index contributed by atoms with van der Waals surface area (Å²) in [7, 11) is 0. The molecule has 0 aromatic carbocycles. The maximum Gasteiger partial charge on any atom is 0.107 e. The van der Waals surface area contributed by atoms with Gasteiger partial charge in [-0.2, -0.15) is 0 Å². The maximum atomic E-state index is 6.05. The lowest BCUT2D eigenvalue weighted by Gasteiger charge is -2.15. The third-order valence-corrected chi connectivity index (χ3v) is 4.89. The van der Waals surface area contributed by atoms with Crippen molar-refractivity contribution in [2.75, 3.05) is 6.54 Å². The van der Waals surface area contributed by atoms with Crippen LogP contribution in [0.1, 0.15) is 44.0 Å². The van der Waals surface area contributed by atoms with Gasteiger partial charge < -0.3 is 5.32 Å². The first kappa shape index (κ1) is 13.5. The van der Waals surface area contributed by atoms with Crippen LogP contribution in [0.3, 0.4) is 0 Å². The molecule has 86 valence electrons. The van der Waals surface area contributed by atoms with Gasteiger partial charge in [-0.15, -0.1) is 11.3 Å². The number of halogens is 2. The van der Waals surface area contributed by atoms with Gasteiger partial charge in [-0.25, -0.2) is 0 Å². The van der Waals surface area contributed by atoms with E-state index in [0.717, 1.165) is 15.4 Å². The molecule has 1 unspecified atom stereocenters. The van der Waals surface area contributed by atoms with Crippen LogP contribution in [0.25, 0.3) is 0 Å². The topological polar surface area (TPSA) is 12.0 Å². The molecule has 1 rings (SSSR count). The minimum atomic E-state index is 0.462. The summed E-state index contributed by atoms with van der Waals surface area (Å²) in [5, 5.41) is 3.51. The van der Waals surface area contributed by atoms with E-state index in [9.17, 15) is 0 Å². The lowest BCUT2D eigenvalue weighted by molar-refractivity contribution is 0.501. The zero-order valence-electron chi connectivity index (χ0n) is 9.15. The van der Waals surface area contributed by atoms with Crippen LogP contribution >= 0.6 is 38.9 Å². The molecule has 0 spiro atoms. The minimum Gasteiger partial charge on any atom is -0.310 e. The van der Waals surface area contributed by atoms with E-state index in [0.29, 0.717) is 6.04 Å². The minimum absolute atomic E-state index is 0.462. The quantitative estimate of drug-likeness (QED) is 0.779. The molecule has 1 heterocycles. The Balaban J connectivity index is 2.69. The van der Waals surface area contributed by atoms with Crippen LogP contribution in [0.4, 0.5) is 0 Å². The molecule has 15 heavy (non-hydrogen) atoms. The Labute approximate surface area is 109 Å². The van der Waals surface area contributed by atoms with Gasteiger partial charge in [0.05, 0.1) is 0 Å². The van der Waals surface area contributed by atoms with Crippen molar-refractivity contribution in [1.82, 2.24) is 5.32 Å². The van der Waals surface area contributed by atoms with E-state index in [1.807, 2.05) is 0 Å². The molecule has 0 fully saturated rings. The highest BCUT2D eigenvalue weighted by Gasteiger charge is 2.14. The summed E-state index contributed by atoms with van der Waals surface area (Å²) < 4.78 is 1.87. The highest BCUT2D eigenvalue weighted by molar-refractivity contribution is 9.10.